The average molecular weight is 341 g/mol. The largest absolute Gasteiger partial charge is 0.493 e. The number of methoxy groups -OCH3 is 1. The molecule has 1 aliphatic rings. The third-order valence-electron chi connectivity index (χ3n) is 4.54. The zero-order valence-electron chi connectivity index (χ0n) is 14.4. The van der Waals surface area contributed by atoms with Crippen LogP contribution in [0.2, 0.25) is 0 Å². The molecular weight excluding hydrogens is 322 g/mol. The van der Waals surface area contributed by atoms with E-state index in [1.165, 1.54) is 0 Å². The van der Waals surface area contributed by atoms with Gasteiger partial charge in [-0.3, -0.25) is 4.68 Å². The molecule has 9 heteroatoms. The van der Waals surface area contributed by atoms with E-state index in [9.17, 15) is 0 Å². The summed E-state index contributed by atoms with van der Waals surface area (Å²) in [5, 5.41) is 12.2. The van der Waals surface area contributed by atoms with Gasteiger partial charge >= 0.3 is 0 Å². The topological polar surface area (TPSA) is 95.0 Å². The summed E-state index contributed by atoms with van der Waals surface area (Å²) in [7, 11) is 3.49. The molecule has 3 aromatic heterocycles. The van der Waals surface area contributed by atoms with E-state index in [-0.39, 0.29) is 6.04 Å². The molecule has 1 aliphatic heterocycles. The Kier molecular flexibility index (Phi) is 3.83. The first-order valence-corrected chi connectivity index (χ1v) is 8.14. The lowest BCUT2D eigenvalue weighted by atomic mass is 10.1. The second-order valence-corrected chi connectivity index (χ2v) is 6.01. The highest BCUT2D eigenvalue weighted by atomic mass is 16.6. The van der Waals surface area contributed by atoms with Gasteiger partial charge in [0.25, 0.3) is 0 Å². The maximum absolute atomic E-state index is 5.44. The van der Waals surface area contributed by atoms with Crippen LogP contribution >= 0.6 is 0 Å². The smallest absolute Gasteiger partial charge is 0.226 e. The number of hydrogen-bond donors (Lipinski definition) is 0. The van der Waals surface area contributed by atoms with E-state index in [2.05, 4.69) is 25.3 Å². The van der Waals surface area contributed by atoms with Crippen LogP contribution < -0.4 is 9.64 Å². The van der Waals surface area contributed by atoms with E-state index in [4.69, 9.17) is 14.3 Å². The van der Waals surface area contributed by atoms with Gasteiger partial charge in [-0.25, -0.2) is 14.6 Å². The van der Waals surface area contributed by atoms with Gasteiger partial charge in [-0.2, -0.15) is 5.10 Å². The Balaban J connectivity index is 1.76. The fourth-order valence-electron chi connectivity index (χ4n) is 3.27. The predicted molar refractivity (Wildman–Crippen MR) is 89.1 cm³/mol. The normalized spacial score (nSPS) is 17.2. The van der Waals surface area contributed by atoms with Crippen LogP contribution in [-0.2, 0) is 7.05 Å². The Morgan fingerprint density at radius 1 is 1.32 bits per heavy atom. The molecule has 0 amide bonds. The molecule has 130 valence electrons. The van der Waals surface area contributed by atoms with Crippen LogP contribution in [-0.4, -0.2) is 43.7 Å². The Morgan fingerprint density at radius 2 is 2.20 bits per heavy atom. The molecule has 1 atom stereocenters. The van der Waals surface area contributed by atoms with Gasteiger partial charge in [0.1, 0.15) is 17.1 Å². The minimum absolute atomic E-state index is 0.0685. The number of aromatic nitrogens is 6. The standard InChI is InChI=1S/C16H19N7O2/c1-10-14(21-25-20-10)12-5-4-8-23(12)16-17-9-13(24-3)15(19-16)11-6-7-18-22(11)2/h6-7,9,12H,4-5,8H2,1-3H3. The highest BCUT2D eigenvalue weighted by molar-refractivity contribution is 5.64. The summed E-state index contributed by atoms with van der Waals surface area (Å²) < 4.78 is 12.1. The van der Waals surface area contributed by atoms with Crippen molar-refractivity contribution in [3.05, 3.63) is 29.8 Å². The number of anilines is 1. The quantitative estimate of drug-likeness (QED) is 0.710. The summed E-state index contributed by atoms with van der Waals surface area (Å²) in [6, 6.07) is 1.97. The van der Waals surface area contributed by atoms with Crippen LogP contribution in [0.1, 0.15) is 30.3 Å². The monoisotopic (exact) mass is 341 g/mol. The van der Waals surface area contributed by atoms with Gasteiger partial charge in [-0.15, -0.1) is 0 Å². The van der Waals surface area contributed by atoms with Gasteiger partial charge in [-0.05, 0) is 25.8 Å². The van der Waals surface area contributed by atoms with Crippen molar-refractivity contribution in [2.24, 2.45) is 7.05 Å². The van der Waals surface area contributed by atoms with E-state index < -0.39 is 0 Å². The van der Waals surface area contributed by atoms with Gasteiger partial charge in [0, 0.05) is 19.8 Å². The van der Waals surface area contributed by atoms with Gasteiger partial charge in [0.05, 0.1) is 25.0 Å². The molecule has 9 nitrogen and oxygen atoms in total. The average Bonchev–Trinajstić information content (AvgIpc) is 3.34. The zero-order valence-corrected chi connectivity index (χ0v) is 14.4. The van der Waals surface area contributed by atoms with E-state index in [1.807, 2.05) is 20.0 Å². The van der Waals surface area contributed by atoms with Crippen LogP contribution in [0.4, 0.5) is 5.95 Å². The van der Waals surface area contributed by atoms with E-state index in [0.717, 1.165) is 36.5 Å². The van der Waals surface area contributed by atoms with E-state index in [1.54, 1.807) is 24.2 Å². The maximum atomic E-state index is 5.44. The van der Waals surface area contributed by atoms with Gasteiger partial charge in [0.15, 0.2) is 5.75 Å². The highest BCUT2D eigenvalue weighted by Gasteiger charge is 2.32. The summed E-state index contributed by atoms with van der Waals surface area (Å²) in [5.74, 6) is 1.25. The Hall–Kier alpha value is -2.97. The molecule has 1 fully saturated rings. The number of hydrogen-bond acceptors (Lipinski definition) is 8. The van der Waals surface area contributed by atoms with Crippen LogP contribution in [0, 0.1) is 6.92 Å². The lowest BCUT2D eigenvalue weighted by Gasteiger charge is -2.23. The minimum atomic E-state index is 0.0685. The van der Waals surface area contributed by atoms with E-state index >= 15 is 0 Å². The summed E-state index contributed by atoms with van der Waals surface area (Å²) in [4.78, 5) is 11.4. The van der Waals surface area contributed by atoms with Crippen LogP contribution in [0.3, 0.4) is 0 Å². The molecular formula is C16H19N7O2. The number of aryl methyl sites for hydroxylation is 2. The van der Waals surface area contributed by atoms with Crippen LogP contribution in [0.15, 0.2) is 23.1 Å². The van der Waals surface area contributed by atoms with E-state index in [0.29, 0.717) is 17.4 Å². The zero-order chi connectivity index (χ0) is 17.4. The summed E-state index contributed by atoms with van der Waals surface area (Å²) in [6.07, 6.45) is 5.44. The maximum Gasteiger partial charge on any atom is 0.226 e. The minimum Gasteiger partial charge on any atom is -0.493 e. The Bertz CT molecular complexity index is 888. The lowest BCUT2D eigenvalue weighted by Crippen LogP contribution is -2.25. The summed E-state index contributed by atoms with van der Waals surface area (Å²) >= 11 is 0. The van der Waals surface area contributed by atoms with Crippen LogP contribution in [0.5, 0.6) is 5.75 Å². The molecule has 0 spiro atoms. The SMILES string of the molecule is COc1cnc(N2CCCC2c2nonc2C)nc1-c1ccnn1C. The van der Waals surface area contributed by atoms with Gasteiger partial charge < -0.3 is 9.64 Å². The summed E-state index contributed by atoms with van der Waals surface area (Å²) in [6.45, 7) is 2.76. The van der Waals surface area contributed by atoms with Crippen molar-refractivity contribution in [1.29, 1.82) is 0 Å². The first kappa shape index (κ1) is 15.6. The molecule has 0 bridgehead atoms. The van der Waals surface area contributed by atoms with Crippen molar-refractivity contribution >= 4 is 5.95 Å². The van der Waals surface area contributed by atoms with Crippen molar-refractivity contribution in [2.75, 3.05) is 18.6 Å². The van der Waals surface area contributed by atoms with Crippen molar-refractivity contribution in [2.45, 2.75) is 25.8 Å². The van der Waals surface area contributed by atoms with Gasteiger partial charge in [0.2, 0.25) is 5.95 Å². The lowest BCUT2D eigenvalue weighted by molar-refractivity contribution is 0.299. The number of nitrogens with zero attached hydrogens (tertiary/aromatic N) is 7. The molecule has 0 aliphatic carbocycles. The molecule has 3 aromatic rings. The second kappa shape index (κ2) is 6.15. The van der Waals surface area contributed by atoms with Crippen molar-refractivity contribution in [3.8, 4) is 17.1 Å². The predicted octanol–water partition coefficient (Wildman–Crippen LogP) is 1.92. The molecule has 4 heterocycles. The molecule has 0 saturated carbocycles. The third kappa shape index (κ3) is 2.61. The van der Waals surface area contributed by atoms with Crippen molar-refractivity contribution in [1.82, 2.24) is 30.1 Å². The fraction of sp³-hybridized carbons (Fsp3) is 0.438. The first-order chi connectivity index (χ1) is 12.2. The highest BCUT2D eigenvalue weighted by Crippen LogP contribution is 2.36. The first-order valence-electron chi connectivity index (χ1n) is 8.14. The van der Waals surface area contributed by atoms with Crippen LogP contribution in [0.25, 0.3) is 11.4 Å². The molecule has 0 aromatic carbocycles. The molecule has 25 heavy (non-hydrogen) atoms. The molecule has 0 radical (unpaired) electrons. The molecule has 1 unspecified atom stereocenters. The Morgan fingerprint density at radius 3 is 2.88 bits per heavy atom. The molecule has 4 rings (SSSR count). The second-order valence-electron chi connectivity index (χ2n) is 6.01. The van der Waals surface area contributed by atoms with Gasteiger partial charge in [-0.1, -0.05) is 10.3 Å². The molecule has 1 saturated heterocycles. The number of rotatable bonds is 4. The number of ether oxygens (including phenoxy) is 1. The Labute approximate surface area is 144 Å². The summed E-state index contributed by atoms with van der Waals surface area (Å²) in [5.41, 5.74) is 3.24. The van der Waals surface area contributed by atoms with Crippen molar-refractivity contribution < 1.29 is 9.37 Å². The fourth-order valence-corrected chi connectivity index (χ4v) is 3.27. The van der Waals surface area contributed by atoms with Crippen molar-refractivity contribution in [3.63, 3.8) is 0 Å². The molecule has 0 N–H and O–H groups in total. The third-order valence-corrected chi connectivity index (χ3v) is 4.54.